The number of aromatic nitrogens is 1. The van der Waals surface area contributed by atoms with E-state index < -0.39 is 0 Å². The molecule has 0 bridgehead atoms. The van der Waals surface area contributed by atoms with Crippen molar-refractivity contribution in [3.63, 3.8) is 0 Å². The van der Waals surface area contributed by atoms with Gasteiger partial charge in [0.1, 0.15) is 0 Å². The van der Waals surface area contributed by atoms with Crippen LogP contribution >= 0.6 is 0 Å². The van der Waals surface area contributed by atoms with Crippen molar-refractivity contribution in [3.8, 4) is 0 Å². The minimum absolute atomic E-state index is 0.567. The molecule has 0 spiro atoms. The molecule has 2 heteroatoms. The molecular formula is C17H20N2. The van der Waals surface area contributed by atoms with Gasteiger partial charge in [0.2, 0.25) is 0 Å². The molecule has 2 aromatic rings. The maximum absolute atomic E-state index is 4.26. The number of hydrogen-bond donors (Lipinski definition) is 0. The van der Waals surface area contributed by atoms with E-state index in [9.17, 15) is 0 Å². The molecule has 19 heavy (non-hydrogen) atoms. The summed E-state index contributed by atoms with van der Waals surface area (Å²) in [4.78, 5) is 6.86. The largest absolute Gasteiger partial charge is 0.296 e. The minimum Gasteiger partial charge on any atom is -0.296 e. The second-order valence-electron chi connectivity index (χ2n) is 5.22. The Kier molecular flexibility index (Phi) is 3.89. The SMILES string of the molecule is c1ccc(CCN2CCCC2c2cccnc2)cc1. The van der Waals surface area contributed by atoms with Crippen molar-refractivity contribution >= 4 is 0 Å². The molecule has 2 heterocycles. The molecule has 1 unspecified atom stereocenters. The molecule has 1 aliphatic rings. The van der Waals surface area contributed by atoms with Crippen LogP contribution in [0, 0.1) is 0 Å². The van der Waals surface area contributed by atoms with Crippen molar-refractivity contribution in [2.45, 2.75) is 25.3 Å². The van der Waals surface area contributed by atoms with Gasteiger partial charge in [-0.1, -0.05) is 36.4 Å². The summed E-state index contributed by atoms with van der Waals surface area (Å²) in [6.45, 7) is 2.36. The van der Waals surface area contributed by atoms with Gasteiger partial charge in [-0.15, -0.1) is 0 Å². The molecule has 0 amide bonds. The summed E-state index contributed by atoms with van der Waals surface area (Å²) in [5, 5.41) is 0. The summed E-state index contributed by atoms with van der Waals surface area (Å²) in [5.41, 5.74) is 2.80. The van der Waals surface area contributed by atoms with Gasteiger partial charge in [0.05, 0.1) is 0 Å². The maximum atomic E-state index is 4.26. The molecule has 0 radical (unpaired) electrons. The van der Waals surface area contributed by atoms with E-state index in [0.29, 0.717) is 6.04 Å². The fourth-order valence-electron chi connectivity index (χ4n) is 2.96. The molecule has 1 aromatic heterocycles. The molecule has 1 saturated heterocycles. The highest BCUT2D eigenvalue weighted by Crippen LogP contribution is 2.31. The predicted molar refractivity (Wildman–Crippen MR) is 77.9 cm³/mol. The zero-order valence-electron chi connectivity index (χ0n) is 11.2. The topological polar surface area (TPSA) is 16.1 Å². The molecule has 0 saturated carbocycles. The third-order valence-corrected chi connectivity index (χ3v) is 3.96. The van der Waals surface area contributed by atoms with Gasteiger partial charge in [0.25, 0.3) is 0 Å². The maximum Gasteiger partial charge on any atom is 0.0363 e. The van der Waals surface area contributed by atoms with Gasteiger partial charge in [-0.25, -0.2) is 0 Å². The van der Waals surface area contributed by atoms with E-state index in [0.717, 1.165) is 13.0 Å². The lowest BCUT2D eigenvalue weighted by molar-refractivity contribution is 0.260. The van der Waals surface area contributed by atoms with Crippen LogP contribution in [0.5, 0.6) is 0 Å². The van der Waals surface area contributed by atoms with E-state index in [1.807, 2.05) is 18.5 Å². The summed E-state index contributed by atoms with van der Waals surface area (Å²) >= 11 is 0. The molecule has 0 aliphatic carbocycles. The Morgan fingerprint density at radius 3 is 2.79 bits per heavy atom. The molecule has 1 aromatic carbocycles. The number of hydrogen-bond acceptors (Lipinski definition) is 2. The Morgan fingerprint density at radius 2 is 2.00 bits per heavy atom. The lowest BCUT2D eigenvalue weighted by atomic mass is 10.1. The average Bonchev–Trinajstić information content (AvgIpc) is 2.95. The lowest BCUT2D eigenvalue weighted by Crippen LogP contribution is -2.25. The highest BCUT2D eigenvalue weighted by molar-refractivity contribution is 5.17. The Labute approximate surface area is 115 Å². The van der Waals surface area contributed by atoms with Gasteiger partial charge >= 0.3 is 0 Å². The van der Waals surface area contributed by atoms with Gasteiger partial charge in [-0.2, -0.15) is 0 Å². The smallest absolute Gasteiger partial charge is 0.0363 e. The second kappa shape index (κ2) is 5.98. The van der Waals surface area contributed by atoms with Gasteiger partial charge in [-0.05, 0) is 43.0 Å². The molecule has 3 rings (SSSR count). The fourth-order valence-corrected chi connectivity index (χ4v) is 2.96. The van der Waals surface area contributed by atoms with Crippen molar-refractivity contribution in [2.24, 2.45) is 0 Å². The normalized spacial score (nSPS) is 19.7. The van der Waals surface area contributed by atoms with E-state index in [2.05, 4.69) is 46.3 Å². The minimum atomic E-state index is 0.567. The predicted octanol–water partition coefficient (Wildman–Crippen LogP) is 3.46. The van der Waals surface area contributed by atoms with Crippen molar-refractivity contribution in [2.75, 3.05) is 13.1 Å². The summed E-state index contributed by atoms with van der Waals surface area (Å²) in [6.07, 6.45) is 7.57. The van der Waals surface area contributed by atoms with Gasteiger partial charge in [-0.3, -0.25) is 9.88 Å². The van der Waals surface area contributed by atoms with Crippen LogP contribution in [-0.2, 0) is 6.42 Å². The molecule has 1 atom stereocenters. The van der Waals surface area contributed by atoms with Crippen molar-refractivity contribution in [3.05, 3.63) is 66.0 Å². The third kappa shape index (κ3) is 3.02. The van der Waals surface area contributed by atoms with Crippen LogP contribution in [0.4, 0.5) is 0 Å². The van der Waals surface area contributed by atoms with Gasteiger partial charge < -0.3 is 0 Å². The molecule has 1 fully saturated rings. The van der Waals surface area contributed by atoms with E-state index >= 15 is 0 Å². The van der Waals surface area contributed by atoms with Crippen LogP contribution in [-0.4, -0.2) is 23.0 Å². The monoisotopic (exact) mass is 252 g/mol. The Hall–Kier alpha value is -1.67. The quantitative estimate of drug-likeness (QED) is 0.828. The second-order valence-corrected chi connectivity index (χ2v) is 5.22. The summed E-state index contributed by atoms with van der Waals surface area (Å²) in [7, 11) is 0. The van der Waals surface area contributed by atoms with Crippen LogP contribution in [0.3, 0.4) is 0 Å². The average molecular weight is 252 g/mol. The van der Waals surface area contributed by atoms with E-state index in [4.69, 9.17) is 0 Å². The zero-order chi connectivity index (χ0) is 12.9. The molecule has 2 nitrogen and oxygen atoms in total. The third-order valence-electron chi connectivity index (χ3n) is 3.96. The first-order valence-electron chi connectivity index (χ1n) is 7.11. The first-order valence-corrected chi connectivity index (χ1v) is 7.11. The first kappa shape index (κ1) is 12.4. The number of pyridine rings is 1. The number of likely N-dealkylation sites (tertiary alicyclic amines) is 1. The highest BCUT2D eigenvalue weighted by Gasteiger charge is 2.25. The molecule has 1 aliphatic heterocycles. The van der Waals surface area contributed by atoms with Gasteiger partial charge in [0, 0.05) is 25.0 Å². The van der Waals surface area contributed by atoms with Crippen molar-refractivity contribution < 1.29 is 0 Å². The van der Waals surface area contributed by atoms with Crippen LogP contribution in [0.2, 0.25) is 0 Å². The van der Waals surface area contributed by atoms with Crippen LogP contribution in [0.25, 0.3) is 0 Å². The standard InChI is InChI=1S/C17H20N2/c1-2-6-15(7-3-1)10-13-19-12-5-9-17(19)16-8-4-11-18-14-16/h1-4,6-8,11,14,17H,5,9-10,12-13H2. The summed E-state index contributed by atoms with van der Waals surface area (Å²) < 4.78 is 0. The Morgan fingerprint density at radius 1 is 1.11 bits per heavy atom. The van der Waals surface area contributed by atoms with Crippen molar-refractivity contribution in [1.82, 2.24) is 9.88 Å². The number of rotatable bonds is 4. The van der Waals surface area contributed by atoms with Crippen LogP contribution < -0.4 is 0 Å². The summed E-state index contributed by atoms with van der Waals surface area (Å²) in [5.74, 6) is 0. The number of nitrogens with zero attached hydrogens (tertiary/aromatic N) is 2. The van der Waals surface area contributed by atoms with Crippen LogP contribution in [0.1, 0.15) is 30.0 Å². The molecule has 0 N–H and O–H groups in total. The lowest BCUT2D eigenvalue weighted by Gasteiger charge is -2.24. The number of benzene rings is 1. The highest BCUT2D eigenvalue weighted by atomic mass is 15.2. The Bertz CT molecular complexity index is 495. The summed E-state index contributed by atoms with van der Waals surface area (Å²) in [6, 6.07) is 15.6. The van der Waals surface area contributed by atoms with Crippen LogP contribution in [0.15, 0.2) is 54.9 Å². The zero-order valence-corrected chi connectivity index (χ0v) is 11.2. The van der Waals surface area contributed by atoms with Gasteiger partial charge in [0.15, 0.2) is 0 Å². The fraction of sp³-hybridized carbons (Fsp3) is 0.353. The van der Waals surface area contributed by atoms with Crippen molar-refractivity contribution in [1.29, 1.82) is 0 Å². The van der Waals surface area contributed by atoms with E-state index in [-0.39, 0.29) is 0 Å². The Balaban J connectivity index is 1.64. The van der Waals surface area contributed by atoms with E-state index in [1.54, 1.807) is 0 Å². The first-order chi connectivity index (χ1) is 9.43. The van der Waals surface area contributed by atoms with E-state index in [1.165, 1.54) is 30.5 Å². The molecule has 98 valence electrons. The molecular weight excluding hydrogens is 232 g/mol.